The molecule has 0 fully saturated rings. The van der Waals surface area contributed by atoms with E-state index in [1.54, 1.807) is 29.6 Å². The van der Waals surface area contributed by atoms with Gasteiger partial charge in [0.25, 0.3) is 0 Å². The third kappa shape index (κ3) is 3.37. The Kier molecular flexibility index (Phi) is 4.60. The molecule has 1 N–H and O–H groups in total. The average molecular weight is 397 g/mol. The summed E-state index contributed by atoms with van der Waals surface area (Å²) >= 11 is 0. The van der Waals surface area contributed by atoms with Crippen LogP contribution in [0.4, 0.5) is 5.82 Å². The van der Waals surface area contributed by atoms with Gasteiger partial charge in [0.1, 0.15) is 5.52 Å². The predicted molar refractivity (Wildman–Crippen MR) is 113 cm³/mol. The highest BCUT2D eigenvalue weighted by Crippen LogP contribution is 2.24. The van der Waals surface area contributed by atoms with E-state index in [4.69, 9.17) is 9.97 Å². The topological polar surface area (TPSA) is 99.2 Å². The molecule has 0 saturated heterocycles. The maximum Gasteiger partial charge on any atom is 0.166 e. The van der Waals surface area contributed by atoms with Crippen LogP contribution in [0.5, 0.6) is 0 Å². The standard InChI is InChI=1S/C21H19N9/c1-2-29-14-25-18-20(27-19(28-21(18)29)16-5-3-8-22-13-16)24-12-15-6-7-17(23-11-15)30-10-4-9-26-30/h3-11,13-14H,2,12H2,1H3,(H,24,27,28). The number of imidazole rings is 1. The molecule has 5 heterocycles. The van der Waals surface area contributed by atoms with Crippen molar-refractivity contribution < 1.29 is 0 Å². The maximum absolute atomic E-state index is 4.72. The lowest BCUT2D eigenvalue weighted by molar-refractivity contribution is 0.777. The van der Waals surface area contributed by atoms with Crippen molar-refractivity contribution in [2.75, 3.05) is 5.32 Å². The third-order valence-corrected chi connectivity index (χ3v) is 4.73. The zero-order valence-electron chi connectivity index (χ0n) is 16.3. The molecule has 0 spiro atoms. The molecule has 0 aliphatic rings. The third-order valence-electron chi connectivity index (χ3n) is 4.73. The quantitative estimate of drug-likeness (QED) is 0.470. The molecule has 30 heavy (non-hydrogen) atoms. The Balaban J connectivity index is 1.45. The molecule has 0 aromatic carbocycles. The highest BCUT2D eigenvalue weighted by atomic mass is 15.3. The molecule has 5 aromatic rings. The van der Waals surface area contributed by atoms with E-state index in [-0.39, 0.29) is 0 Å². The molecule has 9 nitrogen and oxygen atoms in total. The molecule has 0 unspecified atom stereocenters. The lowest BCUT2D eigenvalue weighted by Gasteiger charge is -2.10. The number of aryl methyl sites for hydroxylation is 1. The second-order valence-electron chi connectivity index (χ2n) is 6.67. The van der Waals surface area contributed by atoms with Crippen LogP contribution in [0.15, 0.2) is 67.6 Å². The van der Waals surface area contributed by atoms with Crippen molar-refractivity contribution in [1.82, 2.24) is 39.3 Å². The normalized spacial score (nSPS) is 11.1. The molecule has 0 aliphatic carbocycles. The summed E-state index contributed by atoms with van der Waals surface area (Å²) in [6, 6.07) is 9.64. The molecule has 9 heteroatoms. The molecule has 0 aliphatic heterocycles. The number of nitrogens with zero attached hydrogens (tertiary/aromatic N) is 8. The Morgan fingerprint density at radius 3 is 2.70 bits per heavy atom. The van der Waals surface area contributed by atoms with E-state index in [9.17, 15) is 0 Å². The van der Waals surface area contributed by atoms with Gasteiger partial charge in [-0.3, -0.25) is 4.98 Å². The average Bonchev–Trinajstić information content (AvgIpc) is 3.48. The highest BCUT2D eigenvalue weighted by Gasteiger charge is 2.14. The van der Waals surface area contributed by atoms with Gasteiger partial charge in [0.2, 0.25) is 0 Å². The minimum absolute atomic E-state index is 0.559. The van der Waals surface area contributed by atoms with Gasteiger partial charge in [0.15, 0.2) is 23.1 Å². The van der Waals surface area contributed by atoms with E-state index >= 15 is 0 Å². The van der Waals surface area contributed by atoms with Crippen molar-refractivity contribution in [3.05, 3.63) is 73.2 Å². The van der Waals surface area contributed by atoms with Crippen molar-refractivity contribution in [3.8, 4) is 17.2 Å². The number of nitrogens with one attached hydrogen (secondary N) is 1. The lowest BCUT2D eigenvalue weighted by Crippen LogP contribution is -2.06. The molecule has 0 atom stereocenters. The first-order valence-corrected chi connectivity index (χ1v) is 9.64. The largest absolute Gasteiger partial charge is 0.364 e. The Morgan fingerprint density at radius 1 is 1.00 bits per heavy atom. The summed E-state index contributed by atoms with van der Waals surface area (Å²) in [6.45, 7) is 3.40. The molecule has 5 aromatic heterocycles. The summed E-state index contributed by atoms with van der Waals surface area (Å²) in [5.74, 6) is 2.07. The zero-order valence-corrected chi connectivity index (χ0v) is 16.3. The molecule has 148 valence electrons. The number of pyridine rings is 2. The van der Waals surface area contributed by atoms with Gasteiger partial charge in [-0.05, 0) is 36.8 Å². The van der Waals surface area contributed by atoms with E-state index in [2.05, 4.69) is 32.3 Å². The fraction of sp³-hybridized carbons (Fsp3) is 0.143. The first kappa shape index (κ1) is 17.9. The Hall–Kier alpha value is -4.14. The number of rotatable bonds is 6. The van der Waals surface area contributed by atoms with Gasteiger partial charge in [-0.25, -0.2) is 24.6 Å². The number of anilines is 1. The van der Waals surface area contributed by atoms with Crippen molar-refractivity contribution in [1.29, 1.82) is 0 Å². The van der Waals surface area contributed by atoms with E-state index in [0.717, 1.165) is 34.7 Å². The number of fused-ring (bicyclic) bond motifs is 1. The van der Waals surface area contributed by atoms with Gasteiger partial charge in [0, 0.05) is 49.6 Å². The summed E-state index contributed by atoms with van der Waals surface area (Å²) < 4.78 is 3.73. The highest BCUT2D eigenvalue weighted by molar-refractivity contribution is 5.85. The Labute approximate surface area is 172 Å². The SMILES string of the molecule is CCn1cnc2c(NCc3ccc(-n4cccn4)nc3)nc(-c3cccnc3)nc21. The van der Waals surface area contributed by atoms with E-state index in [1.807, 2.05) is 47.3 Å². The van der Waals surface area contributed by atoms with Crippen LogP contribution in [0, 0.1) is 0 Å². The number of aromatic nitrogens is 8. The minimum Gasteiger partial charge on any atom is -0.364 e. The fourth-order valence-electron chi connectivity index (χ4n) is 3.17. The Morgan fingerprint density at radius 2 is 1.97 bits per heavy atom. The molecule has 0 radical (unpaired) electrons. The summed E-state index contributed by atoms with van der Waals surface area (Å²) in [6.07, 6.45) is 10.7. The van der Waals surface area contributed by atoms with Gasteiger partial charge in [-0.2, -0.15) is 5.10 Å². The van der Waals surface area contributed by atoms with E-state index < -0.39 is 0 Å². The second kappa shape index (κ2) is 7.70. The van der Waals surface area contributed by atoms with E-state index in [1.165, 1.54) is 0 Å². The van der Waals surface area contributed by atoms with Crippen LogP contribution in [0.3, 0.4) is 0 Å². The van der Waals surface area contributed by atoms with Crippen LogP contribution in [0.25, 0.3) is 28.4 Å². The predicted octanol–water partition coefficient (Wildman–Crippen LogP) is 3.10. The zero-order chi connectivity index (χ0) is 20.3. The Bertz CT molecular complexity index is 1260. The first-order valence-electron chi connectivity index (χ1n) is 9.64. The lowest BCUT2D eigenvalue weighted by atomic mass is 10.2. The fourth-order valence-corrected chi connectivity index (χ4v) is 3.17. The van der Waals surface area contributed by atoms with Crippen molar-refractivity contribution >= 4 is 17.0 Å². The number of hydrogen-bond donors (Lipinski definition) is 1. The summed E-state index contributed by atoms with van der Waals surface area (Å²) in [4.78, 5) is 22.6. The maximum atomic E-state index is 4.72. The van der Waals surface area contributed by atoms with Crippen LogP contribution in [-0.4, -0.2) is 39.3 Å². The van der Waals surface area contributed by atoms with E-state index in [0.29, 0.717) is 18.2 Å². The van der Waals surface area contributed by atoms with Gasteiger partial charge >= 0.3 is 0 Å². The summed E-state index contributed by atoms with van der Waals surface area (Å²) in [7, 11) is 0. The van der Waals surface area contributed by atoms with Crippen LogP contribution >= 0.6 is 0 Å². The summed E-state index contributed by atoms with van der Waals surface area (Å²) in [5.41, 5.74) is 3.42. The monoisotopic (exact) mass is 397 g/mol. The number of hydrogen-bond acceptors (Lipinski definition) is 7. The van der Waals surface area contributed by atoms with Crippen molar-refractivity contribution in [2.45, 2.75) is 20.0 Å². The smallest absolute Gasteiger partial charge is 0.166 e. The molecular weight excluding hydrogens is 378 g/mol. The van der Waals surface area contributed by atoms with Gasteiger partial charge < -0.3 is 9.88 Å². The second-order valence-corrected chi connectivity index (χ2v) is 6.67. The summed E-state index contributed by atoms with van der Waals surface area (Å²) in [5, 5.41) is 7.59. The molecule has 5 rings (SSSR count). The molecule has 0 bridgehead atoms. The van der Waals surface area contributed by atoms with Crippen molar-refractivity contribution in [3.63, 3.8) is 0 Å². The van der Waals surface area contributed by atoms with Gasteiger partial charge in [0.05, 0.1) is 6.33 Å². The van der Waals surface area contributed by atoms with Crippen LogP contribution < -0.4 is 5.32 Å². The molecular formula is C21H19N9. The first-order chi connectivity index (χ1) is 14.8. The van der Waals surface area contributed by atoms with Crippen LogP contribution in [0.2, 0.25) is 0 Å². The minimum atomic E-state index is 0.559. The molecule has 0 amide bonds. The van der Waals surface area contributed by atoms with Crippen LogP contribution in [0.1, 0.15) is 12.5 Å². The van der Waals surface area contributed by atoms with Gasteiger partial charge in [-0.1, -0.05) is 6.07 Å². The van der Waals surface area contributed by atoms with Crippen LogP contribution in [-0.2, 0) is 13.1 Å². The van der Waals surface area contributed by atoms with Crippen molar-refractivity contribution in [2.24, 2.45) is 0 Å². The molecule has 0 saturated carbocycles. The van der Waals surface area contributed by atoms with Gasteiger partial charge in [-0.15, -0.1) is 0 Å².